The summed E-state index contributed by atoms with van der Waals surface area (Å²) in [6, 6.07) is 7.80. The van der Waals surface area contributed by atoms with Crippen LogP contribution < -0.4 is 10.1 Å². The third kappa shape index (κ3) is 4.63. The Morgan fingerprint density at radius 1 is 1.04 bits per heavy atom. The number of piperidine rings is 1. The van der Waals surface area contributed by atoms with Gasteiger partial charge in [0.25, 0.3) is 5.91 Å². The van der Waals surface area contributed by atoms with E-state index in [-0.39, 0.29) is 11.8 Å². The number of carbonyl (C=O) groups is 2. The zero-order valence-electron chi connectivity index (χ0n) is 16.0. The van der Waals surface area contributed by atoms with Crippen LogP contribution in [0.3, 0.4) is 0 Å². The SMILES string of the molecule is O=C(NC1CC1)c1ccccc1OCC1CCCN(C(=O)C2CCCC2)C1. The van der Waals surface area contributed by atoms with Crippen molar-refractivity contribution in [2.24, 2.45) is 11.8 Å². The van der Waals surface area contributed by atoms with Gasteiger partial charge in [-0.25, -0.2) is 0 Å². The van der Waals surface area contributed by atoms with E-state index in [1.165, 1.54) is 12.8 Å². The topological polar surface area (TPSA) is 58.6 Å². The molecule has 5 nitrogen and oxygen atoms in total. The van der Waals surface area contributed by atoms with E-state index >= 15 is 0 Å². The minimum atomic E-state index is -0.0465. The Morgan fingerprint density at radius 2 is 1.81 bits per heavy atom. The lowest BCUT2D eigenvalue weighted by molar-refractivity contribution is -0.137. The molecule has 27 heavy (non-hydrogen) atoms. The molecule has 1 heterocycles. The fourth-order valence-corrected chi connectivity index (χ4v) is 4.31. The average Bonchev–Trinajstić information content (AvgIpc) is 3.34. The molecule has 1 aromatic carbocycles. The molecule has 3 fully saturated rings. The number of amides is 2. The molecular weight excluding hydrogens is 340 g/mol. The van der Waals surface area contributed by atoms with Gasteiger partial charge in [-0.2, -0.15) is 0 Å². The summed E-state index contributed by atoms with van der Waals surface area (Å²) >= 11 is 0. The van der Waals surface area contributed by atoms with Crippen LogP contribution in [0.15, 0.2) is 24.3 Å². The van der Waals surface area contributed by atoms with Crippen molar-refractivity contribution in [1.82, 2.24) is 10.2 Å². The van der Waals surface area contributed by atoms with E-state index in [0.717, 1.165) is 51.6 Å². The summed E-state index contributed by atoms with van der Waals surface area (Å²) < 4.78 is 6.05. The quantitative estimate of drug-likeness (QED) is 0.835. The first-order valence-corrected chi connectivity index (χ1v) is 10.5. The van der Waals surface area contributed by atoms with E-state index in [0.29, 0.717) is 35.8 Å². The second-order valence-electron chi connectivity index (χ2n) is 8.33. The smallest absolute Gasteiger partial charge is 0.255 e. The summed E-state index contributed by atoms with van der Waals surface area (Å²) in [5.41, 5.74) is 0.610. The molecule has 3 aliphatic rings. The zero-order chi connectivity index (χ0) is 18.6. The van der Waals surface area contributed by atoms with Gasteiger partial charge in [-0.1, -0.05) is 25.0 Å². The first-order chi connectivity index (χ1) is 13.2. The third-order valence-corrected chi connectivity index (χ3v) is 6.05. The fraction of sp³-hybridized carbons (Fsp3) is 0.636. The number of benzene rings is 1. The Labute approximate surface area is 161 Å². The molecule has 2 amide bonds. The summed E-state index contributed by atoms with van der Waals surface area (Å²) in [5.74, 6) is 1.53. The predicted octanol–water partition coefficient (Wildman–Crippen LogP) is 3.39. The molecule has 1 saturated heterocycles. The van der Waals surface area contributed by atoms with E-state index in [4.69, 9.17) is 4.74 Å². The van der Waals surface area contributed by atoms with Gasteiger partial charge in [-0.05, 0) is 50.7 Å². The van der Waals surface area contributed by atoms with Crippen LogP contribution in [0, 0.1) is 11.8 Å². The highest BCUT2D eigenvalue weighted by atomic mass is 16.5. The summed E-state index contributed by atoms with van der Waals surface area (Å²) in [7, 11) is 0. The summed E-state index contributed by atoms with van der Waals surface area (Å²) in [4.78, 5) is 27.2. The Hall–Kier alpha value is -2.04. The molecule has 1 unspecified atom stereocenters. The lowest BCUT2D eigenvalue weighted by atomic mass is 9.96. The second kappa shape index (κ2) is 8.32. The lowest BCUT2D eigenvalue weighted by Gasteiger charge is -2.34. The van der Waals surface area contributed by atoms with Gasteiger partial charge in [-0.3, -0.25) is 9.59 Å². The first-order valence-electron chi connectivity index (χ1n) is 10.5. The zero-order valence-corrected chi connectivity index (χ0v) is 16.0. The highest BCUT2D eigenvalue weighted by molar-refractivity contribution is 5.97. The molecule has 5 heteroatoms. The molecule has 146 valence electrons. The molecule has 0 aromatic heterocycles. The van der Waals surface area contributed by atoms with Gasteiger partial charge < -0.3 is 15.0 Å². The van der Waals surface area contributed by atoms with E-state index < -0.39 is 0 Å². The normalized spacial score (nSPS) is 23.3. The second-order valence-corrected chi connectivity index (χ2v) is 8.33. The van der Waals surface area contributed by atoms with Crippen molar-refractivity contribution in [3.63, 3.8) is 0 Å². The highest BCUT2D eigenvalue weighted by Crippen LogP contribution is 2.29. The summed E-state index contributed by atoms with van der Waals surface area (Å²) in [6.45, 7) is 2.22. The highest BCUT2D eigenvalue weighted by Gasteiger charge is 2.31. The fourth-order valence-electron chi connectivity index (χ4n) is 4.31. The number of hydrogen-bond donors (Lipinski definition) is 1. The van der Waals surface area contributed by atoms with Crippen LogP contribution in [0.4, 0.5) is 0 Å². The summed E-state index contributed by atoms with van der Waals surface area (Å²) in [5, 5.41) is 3.03. The predicted molar refractivity (Wildman–Crippen MR) is 104 cm³/mol. The molecule has 1 aliphatic heterocycles. The summed E-state index contributed by atoms with van der Waals surface area (Å²) in [6.07, 6.45) is 8.75. The third-order valence-electron chi connectivity index (χ3n) is 6.05. The molecule has 0 radical (unpaired) electrons. The standard InChI is InChI=1S/C22H30N2O3/c25-21(23-18-11-12-18)19-9-3-4-10-20(19)27-15-16-6-5-13-24(14-16)22(26)17-7-1-2-8-17/h3-4,9-10,16-18H,1-2,5-8,11-15H2,(H,23,25). The van der Waals surface area contributed by atoms with E-state index in [2.05, 4.69) is 10.2 Å². The minimum absolute atomic E-state index is 0.0465. The average molecular weight is 370 g/mol. The molecule has 4 rings (SSSR count). The number of nitrogens with zero attached hydrogens (tertiary/aromatic N) is 1. The van der Waals surface area contributed by atoms with Crippen LogP contribution in [0.1, 0.15) is 61.7 Å². The molecule has 1 N–H and O–H groups in total. The molecular formula is C22H30N2O3. The van der Waals surface area contributed by atoms with Crippen LogP contribution in [0.2, 0.25) is 0 Å². The number of likely N-dealkylation sites (tertiary alicyclic amines) is 1. The molecule has 2 saturated carbocycles. The Bertz CT molecular complexity index is 680. The molecule has 0 bridgehead atoms. The van der Waals surface area contributed by atoms with Gasteiger partial charge in [0.2, 0.25) is 5.91 Å². The first kappa shape index (κ1) is 18.3. The largest absolute Gasteiger partial charge is 0.492 e. The van der Waals surface area contributed by atoms with Crippen molar-refractivity contribution in [2.45, 2.75) is 57.4 Å². The molecule has 2 aliphatic carbocycles. The number of carbonyl (C=O) groups excluding carboxylic acids is 2. The number of para-hydroxylation sites is 1. The Kier molecular flexibility index (Phi) is 5.65. The molecule has 0 spiro atoms. The monoisotopic (exact) mass is 370 g/mol. The van der Waals surface area contributed by atoms with Crippen molar-refractivity contribution < 1.29 is 14.3 Å². The van der Waals surface area contributed by atoms with Crippen LogP contribution in [-0.4, -0.2) is 42.5 Å². The van der Waals surface area contributed by atoms with E-state index in [1.54, 1.807) is 0 Å². The Morgan fingerprint density at radius 3 is 2.59 bits per heavy atom. The number of ether oxygens (including phenoxy) is 1. The van der Waals surface area contributed by atoms with Crippen LogP contribution in [-0.2, 0) is 4.79 Å². The Balaban J connectivity index is 1.33. The van der Waals surface area contributed by atoms with Crippen LogP contribution >= 0.6 is 0 Å². The van der Waals surface area contributed by atoms with Gasteiger partial charge in [0.1, 0.15) is 5.75 Å². The van der Waals surface area contributed by atoms with E-state index in [9.17, 15) is 9.59 Å². The van der Waals surface area contributed by atoms with Gasteiger partial charge in [0.15, 0.2) is 0 Å². The van der Waals surface area contributed by atoms with Crippen molar-refractivity contribution >= 4 is 11.8 Å². The maximum atomic E-state index is 12.7. The van der Waals surface area contributed by atoms with Crippen molar-refractivity contribution in [3.8, 4) is 5.75 Å². The molecule has 1 aromatic rings. The van der Waals surface area contributed by atoms with Gasteiger partial charge in [0, 0.05) is 31.0 Å². The maximum absolute atomic E-state index is 12.7. The lowest BCUT2D eigenvalue weighted by Crippen LogP contribution is -2.43. The van der Waals surface area contributed by atoms with Crippen LogP contribution in [0.25, 0.3) is 0 Å². The van der Waals surface area contributed by atoms with Gasteiger partial charge >= 0.3 is 0 Å². The molecule has 1 atom stereocenters. The van der Waals surface area contributed by atoms with Gasteiger partial charge in [0.05, 0.1) is 12.2 Å². The minimum Gasteiger partial charge on any atom is -0.492 e. The van der Waals surface area contributed by atoms with Crippen molar-refractivity contribution in [3.05, 3.63) is 29.8 Å². The number of rotatable bonds is 6. The van der Waals surface area contributed by atoms with Crippen molar-refractivity contribution in [2.75, 3.05) is 19.7 Å². The van der Waals surface area contributed by atoms with Crippen molar-refractivity contribution in [1.29, 1.82) is 0 Å². The van der Waals surface area contributed by atoms with Gasteiger partial charge in [-0.15, -0.1) is 0 Å². The number of nitrogens with one attached hydrogen (secondary N) is 1. The van der Waals surface area contributed by atoms with Crippen LogP contribution in [0.5, 0.6) is 5.75 Å². The van der Waals surface area contributed by atoms with E-state index in [1.807, 2.05) is 24.3 Å². The number of hydrogen-bond acceptors (Lipinski definition) is 3. The maximum Gasteiger partial charge on any atom is 0.255 e.